The van der Waals surface area contributed by atoms with Crippen LogP contribution in [-0.2, 0) is 13.0 Å². The Balaban J connectivity index is 1.45. The van der Waals surface area contributed by atoms with Gasteiger partial charge in [-0.05, 0) is 23.6 Å². The number of nitrogens with one attached hydrogen (secondary N) is 3. The number of carbonyl (C=O) groups excluding carboxylic acids is 1. The fourth-order valence-electron chi connectivity index (χ4n) is 2.85. The Hall–Kier alpha value is -2.70. The van der Waals surface area contributed by atoms with Crippen molar-refractivity contribution < 1.29 is 9.90 Å². The molecule has 136 valence electrons. The number of aryl methyl sites for hydroxylation is 1. The van der Waals surface area contributed by atoms with Crippen LogP contribution in [0, 0.1) is 0 Å². The van der Waals surface area contributed by atoms with Crippen molar-refractivity contribution in [2.24, 2.45) is 0 Å². The van der Waals surface area contributed by atoms with Gasteiger partial charge in [-0.2, -0.15) is 5.10 Å². The van der Waals surface area contributed by atoms with Gasteiger partial charge in [-0.1, -0.05) is 49.4 Å². The second-order valence-electron chi connectivity index (χ2n) is 6.29. The van der Waals surface area contributed by atoms with Crippen molar-refractivity contribution in [1.82, 2.24) is 20.8 Å². The van der Waals surface area contributed by atoms with E-state index in [-0.39, 0.29) is 12.5 Å². The number of fused-ring (bicyclic) bond motifs is 1. The zero-order valence-electron chi connectivity index (χ0n) is 14.8. The summed E-state index contributed by atoms with van der Waals surface area (Å²) in [5, 5.41) is 23.7. The molecular formula is C20H24N4O2. The molecule has 0 fully saturated rings. The van der Waals surface area contributed by atoms with E-state index >= 15 is 0 Å². The minimum absolute atomic E-state index is 0.169. The highest BCUT2D eigenvalue weighted by Crippen LogP contribution is 2.14. The van der Waals surface area contributed by atoms with Crippen LogP contribution in [0.15, 0.2) is 48.5 Å². The maximum absolute atomic E-state index is 12.3. The van der Waals surface area contributed by atoms with Crippen molar-refractivity contribution in [2.45, 2.75) is 26.0 Å². The van der Waals surface area contributed by atoms with Gasteiger partial charge in [0.25, 0.3) is 5.91 Å². The molecule has 2 aromatic carbocycles. The number of amides is 1. The van der Waals surface area contributed by atoms with Crippen molar-refractivity contribution in [2.75, 3.05) is 13.1 Å². The number of H-pyrrole nitrogens is 1. The number of nitrogens with zero attached hydrogens (tertiary/aromatic N) is 1. The van der Waals surface area contributed by atoms with E-state index < -0.39 is 6.10 Å². The lowest BCUT2D eigenvalue weighted by molar-refractivity contribution is 0.0912. The molecule has 4 N–H and O–H groups in total. The molecule has 0 bridgehead atoms. The molecule has 0 aliphatic rings. The predicted molar refractivity (Wildman–Crippen MR) is 102 cm³/mol. The highest BCUT2D eigenvalue weighted by Gasteiger charge is 2.14. The Morgan fingerprint density at radius 2 is 1.96 bits per heavy atom. The molecule has 0 aliphatic carbocycles. The highest BCUT2D eigenvalue weighted by molar-refractivity contribution is 6.04. The average molecular weight is 352 g/mol. The number of benzene rings is 2. The molecule has 0 saturated carbocycles. The molecule has 1 unspecified atom stereocenters. The van der Waals surface area contributed by atoms with Gasteiger partial charge < -0.3 is 15.7 Å². The van der Waals surface area contributed by atoms with Gasteiger partial charge in [-0.3, -0.25) is 9.89 Å². The topological polar surface area (TPSA) is 90.0 Å². The van der Waals surface area contributed by atoms with Crippen molar-refractivity contribution in [3.05, 3.63) is 65.4 Å². The molecule has 3 rings (SSSR count). The molecule has 26 heavy (non-hydrogen) atoms. The summed E-state index contributed by atoms with van der Waals surface area (Å²) in [5.41, 5.74) is 3.64. The van der Waals surface area contributed by atoms with Crippen LogP contribution in [0.2, 0.25) is 0 Å². The number of rotatable bonds is 8. The van der Waals surface area contributed by atoms with Crippen LogP contribution in [0.5, 0.6) is 0 Å². The minimum Gasteiger partial charge on any atom is -0.390 e. The van der Waals surface area contributed by atoms with Crippen molar-refractivity contribution >= 4 is 16.8 Å². The standard InChI is InChI=1S/C20H24N4O2/c1-2-14-6-5-7-15(10-14)11-21-12-16(25)13-22-20(26)19-17-8-3-4-9-18(17)23-24-19/h3-10,16,21,25H,2,11-13H2,1H3,(H,22,26)(H,23,24). The van der Waals surface area contributed by atoms with Gasteiger partial charge in [0.15, 0.2) is 5.69 Å². The van der Waals surface area contributed by atoms with Crippen molar-refractivity contribution in [3.8, 4) is 0 Å². The Bertz CT molecular complexity index is 875. The number of aromatic nitrogens is 2. The number of hydrogen-bond donors (Lipinski definition) is 4. The number of para-hydroxylation sites is 1. The van der Waals surface area contributed by atoms with E-state index in [0.717, 1.165) is 17.3 Å². The maximum atomic E-state index is 12.3. The molecule has 0 aliphatic heterocycles. The zero-order valence-corrected chi connectivity index (χ0v) is 14.8. The van der Waals surface area contributed by atoms with Crippen molar-refractivity contribution in [3.63, 3.8) is 0 Å². The number of aromatic amines is 1. The lowest BCUT2D eigenvalue weighted by atomic mass is 10.1. The molecule has 1 heterocycles. The smallest absolute Gasteiger partial charge is 0.272 e. The normalized spacial score (nSPS) is 12.2. The van der Waals surface area contributed by atoms with Gasteiger partial charge in [0, 0.05) is 25.0 Å². The summed E-state index contributed by atoms with van der Waals surface area (Å²) in [5.74, 6) is -0.294. The lowest BCUT2D eigenvalue weighted by Crippen LogP contribution is -2.38. The number of aliphatic hydroxyl groups is 1. The summed E-state index contributed by atoms with van der Waals surface area (Å²) in [7, 11) is 0. The number of hydrogen-bond acceptors (Lipinski definition) is 4. The highest BCUT2D eigenvalue weighted by atomic mass is 16.3. The van der Waals surface area contributed by atoms with Crippen LogP contribution in [0.25, 0.3) is 10.9 Å². The van der Waals surface area contributed by atoms with E-state index in [2.05, 4.69) is 46.0 Å². The van der Waals surface area contributed by atoms with Crippen LogP contribution in [-0.4, -0.2) is 40.4 Å². The Labute approximate surface area is 152 Å². The molecule has 6 nitrogen and oxygen atoms in total. The third-order valence-electron chi connectivity index (χ3n) is 4.29. The van der Waals surface area contributed by atoms with Crippen LogP contribution < -0.4 is 10.6 Å². The summed E-state index contributed by atoms with van der Waals surface area (Å²) in [4.78, 5) is 12.3. The van der Waals surface area contributed by atoms with E-state index in [0.29, 0.717) is 18.8 Å². The van der Waals surface area contributed by atoms with Crippen LogP contribution in [0.3, 0.4) is 0 Å². The Morgan fingerprint density at radius 3 is 2.81 bits per heavy atom. The quantitative estimate of drug-likeness (QED) is 0.499. The first-order chi connectivity index (χ1) is 12.7. The monoisotopic (exact) mass is 352 g/mol. The number of carbonyl (C=O) groups is 1. The minimum atomic E-state index is -0.668. The van der Waals surface area contributed by atoms with Gasteiger partial charge in [0.1, 0.15) is 0 Å². The summed E-state index contributed by atoms with van der Waals surface area (Å²) in [6.07, 6.45) is 0.336. The molecule has 0 radical (unpaired) electrons. The third-order valence-corrected chi connectivity index (χ3v) is 4.29. The van der Waals surface area contributed by atoms with E-state index in [9.17, 15) is 9.90 Å². The van der Waals surface area contributed by atoms with E-state index in [1.807, 2.05) is 30.3 Å². The van der Waals surface area contributed by atoms with Crippen LogP contribution in [0.4, 0.5) is 0 Å². The second kappa shape index (κ2) is 8.60. The summed E-state index contributed by atoms with van der Waals surface area (Å²) < 4.78 is 0. The molecule has 6 heteroatoms. The van der Waals surface area contributed by atoms with E-state index in [1.165, 1.54) is 11.1 Å². The third kappa shape index (κ3) is 4.47. The van der Waals surface area contributed by atoms with Crippen LogP contribution in [0.1, 0.15) is 28.5 Å². The maximum Gasteiger partial charge on any atom is 0.272 e. The summed E-state index contributed by atoms with van der Waals surface area (Å²) in [6.45, 7) is 3.38. The fraction of sp³-hybridized carbons (Fsp3) is 0.300. The first-order valence-electron chi connectivity index (χ1n) is 8.85. The van der Waals surface area contributed by atoms with Crippen LogP contribution >= 0.6 is 0 Å². The molecule has 1 atom stereocenters. The molecule has 3 aromatic rings. The first-order valence-corrected chi connectivity index (χ1v) is 8.85. The van der Waals surface area contributed by atoms with E-state index in [1.54, 1.807) is 0 Å². The second-order valence-corrected chi connectivity index (χ2v) is 6.29. The lowest BCUT2D eigenvalue weighted by Gasteiger charge is -2.13. The summed E-state index contributed by atoms with van der Waals surface area (Å²) in [6, 6.07) is 15.8. The Kier molecular flexibility index (Phi) is 5.99. The SMILES string of the molecule is CCc1cccc(CNCC(O)CNC(=O)c2n[nH]c3ccccc23)c1. The van der Waals surface area contributed by atoms with Crippen molar-refractivity contribution in [1.29, 1.82) is 0 Å². The van der Waals surface area contributed by atoms with Gasteiger partial charge in [-0.15, -0.1) is 0 Å². The zero-order chi connectivity index (χ0) is 18.4. The molecule has 0 spiro atoms. The molecule has 1 amide bonds. The van der Waals surface area contributed by atoms with Gasteiger partial charge in [0.05, 0.1) is 11.6 Å². The number of aliphatic hydroxyl groups excluding tert-OH is 1. The first kappa shape index (κ1) is 18.1. The van der Waals surface area contributed by atoms with Gasteiger partial charge in [0.2, 0.25) is 0 Å². The molecule has 0 saturated heterocycles. The average Bonchev–Trinajstić information content (AvgIpc) is 3.10. The fourth-order valence-corrected chi connectivity index (χ4v) is 2.85. The summed E-state index contributed by atoms with van der Waals surface area (Å²) >= 11 is 0. The molecule has 1 aromatic heterocycles. The van der Waals surface area contributed by atoms with Gasteiger partial charge in [-0.25, -0.2) is 0 Å². The molecular weight excluding hydrogens is 328 g/mol. The Morgan fingerprint density at radius 1 is 1.15 bits per heavy atom. The predicted octanol–water partition coefficient (Wildman–Crippen LogP) is 2.01. The largest absolute Gasteiger partial charge is 0.390 e. The van der Waals surface area contributed by atoms with E-state index in [4.69, 9.17) is 0 Å². The van der Waals surface area contributed by atoms with Gasteiger partial charge >= 0.3 is 0 Å².